The minimum atomic E-state index is -0.306. The molecular formula is C30H42BNO3. The molecule has 0 aromatic heterocycles. The number of carbonyl (C=O) groups is 1. The van der Waals surface area contributed by atoms with Crippen LogP contribution in [0.3, 0.4) is 0 Å². The van der Waals surface area contributed by atoms with Gasteiger partial charge in [-0.1, -0.05) is 94.3 Å². The first-order valence-corrected chi connectivity index (χ1v) is 13.6. The van der Waals surface area contributed by atoms with E-state index in [0.717, 1.165) is 25.7 Å². The van der Waals surface area contributed by atoms with Crippen LogP contribution in [0.25, 0.3) is 0 Å². The van der Waals surface area contributed by atoms with E-state index in [-0.39, 0.29) is 36.5 Å². The zero-order valence-corrected chi connectivity index (χ0v) is 21.9. The number of benzene rings is 2. The smallest absolute Gasteiger partial charge is 0.405 e. The van der Waals surface area contributed by atoms with Gasteiger partial charge in [-0.25, -0.2) is 0 Å². The lowest BCUT2D eigenvalue weighted by Crippen LogP contribution is -2.49. The molecule has 0 radical (unpaired) electrons. The highest BCUT2D eigenvalue weighted by Crippen LogP contribution is 2.49. The molecular weight excluding hydrogens is 433 g/mol. The maximum Gasteiger partial charge on any atom is 0.463 e. The van der Waals surface area contributed by atoms with Crippen molar-refractivity contribution in [1.29, 1.82) is 0 Å². The SMILES string of the molecule is CCC1CC(CC)[C@]2(C)OB([C@H](CNC(=O)C(C)Cc3ccccc3)Cc3ccccc3)OC2C1. The molecule has 2 aromatic rings. The second kappa shape index (κ2) is 11.8. The van der Waals surface area contributed by atoms with E-state index in [0.29, 0.717) is 18.4 Å². The number of hydrogen-bond donors (Lipinski definition) is 1. The first-order valence-electron chi connectivity index (χ1n) is 13.6. The lowest BCUT2D eigenvalue weighted by Gasteiger charge is -2.45. The van der Waals surface area contributed by atoms with Crippen molar-refractivity contribution < 1.29 is 14.1 Å². The van der Waals surface area contributed by atoms with Gasteiger partial charge in [0.25, 0.3) is 0 Å². The Kier molecular flexibility index (Phi) is 8.72. The van der Waals surface area contributed by atoms with E-state index in [1.165, 1.54) is 24.0 Å². The predicted molar refractivity (Wildman–Crippen MR) is 143 cm³/mol. The van der Waals surface area contributed by atoms with Gasteiger partial charge in [-0.3, -0.25) is 4.79 Å². The summed E-state index contributed by atoms with van der Waals surface area (Å²) in [5.41, 5.74) is 2.19. The van der Waals surface area contributed by atoms with Gasteiger partial charge in [0.2, 0.25) is 5.91 Å². The van der Waals surface area contributed by atoms with Crippen molar-refractivity contribution in [3.8, 4) is 0 Å². The lowest BCUT2D eigenvalue weighted by atomic mass is 9.67. The van der Waals surface area contributed by atoms with Gasteiger partial charge in [-0.05, 0) is 55.6 Å². The van der Waals surface area contributed by atoms with E-state index >= 15 is 0 Å². The minimum absolute atomic E-state index is 0.0604. The topological polar surface area (TPSA) is 47.6 Å². The van der Waals surface area contributed by atoms with Gasteiger partial charge in [0.1, 0.15) is 0 Å². The summed E-state index contributed by atoms with van der Waals surface area (Å²) in [6.07, 6.45) is 6.27. The van der Waals surface area contributed by atoms with Crippen LogP contribution in [0.15, 0.2) is 60.7 Å². The fourth-order valence-electron chi connectivity index (χ4n) is 6.10. The van der Waals surface area contributed by atoms with E-state index in [4.69, 9.17) is 9.31 Å². The molecule has 4 rings (SSSR count). The summed E-state index contributed by atoms with van der Waals surface area (Å²) in [6, 6.07) is 20.7. The van der Waals surface area contributed by atoms with Crippen LogP contribution in [0.5, 0.6) is 0 Å². The summed E-state index contributed by atoms with van der Waals surface area (Å²) in [6.45, 7) is 9.38. The monoisotopic (exact) mass is 475 g/mol. The molecule has 6 atom stereocenters. The van der Waals surface area contributed by atoms with Crippen molar-refractivity contribution in [2.45, 2.75) is 83.7 Å². The highest BCUT2D eigenvalue weighted by molar-refractivity contribution is 6.47. The molecule has 188 valence electrons. The predicted octanol–water partition coefficient (Wildman–Crippen LogP) is 6.10. The van der Waals surface area contributed by atoms with Crippen molar-refractivity contribution in [3.63, 3.8) is 0 Å². The summed E-state index contributed by atoms with van der Waals surface area (Å²) in [7, 11) is -0.306. The molecule has 1 N–H and O–H groups in total. The van der Waals surface area contributed by atoms with Crippen molar-refractivity contribution in [2.75, 3.05) is 6.54 Å². The number of amides is 1. The molecule has 2 fully saturated rings. The molecule has 1 aliphatic heterocycles. The molecule has 1 saturated heterocycles. The normalized spacial score (nSPS) is 27.8. The molecule has 1 aliphatic carbocycles. The minimum Gasteiger partial charge on any atom is -0.405 e. The van der Waals surface area contributed by atoms with Gasteiger partial charge >= 0.3 is 7.12 Å². The van der Waals surface area contributed by atoms with Gasteiger partial charge in [-0.2, -0.15) is 0 Å². The number of rotatable bonds is 10. The van der Waals surface area contributed by atoms with Crippen molar-refractivity contribution in [3.05, 3.63) is 71.8 Å². The number of nitrogens with one attached hydrogen (secondary N) is 1. The Balaban J connectivity index is 1.45. The molecule has 0 spiro atoms. The molecule has 35 heavy (non-hydrogen) atoms. The standard InChI is InChI=1S/C30H42BNO3/c1-5-23-18-26(6-2)30(4)28(20-23)34-31(35-30)27(19-25-15-11-8-12-16-25)21-32-29(33)22(3)17-24-13-9-7-10-14-24/h7-16,22-23,26-28H,5-6,17-21H2,1-4H3,(H,32,33)/t22?,23?,26?,27-,28?,30-/m0/s1. The quantitative estimate of drug-likeness (QED) is 0.422. The maximum absolute atomic E-state index is 13.0. The first-order chi connectivity index (χ1) is 16.9. The van der Waals surface area contributed by atoms with Crippen LogP contribution >= 0.6 is 0 Å². The molecule has 1 amide bonds. The summed E-state index contributed by atoms with van der Waals surface area (Å²) in [4.78, 5) is 13.0. The van der Waals surface area contributed by atoms with E-state index in [1.54, 1.807) is 0 Å². The summed E-state index contributed by atoms with van der Waals surface area (Å²) >= 11 is 0. The maximum atomic E-state index is 13.0. The average Bonchev–Trinajstić information content (AvgIpc) is 3.23. The Morgan fingerprint density at radius 1 is 1.00 bits per heavy atom. The Bertz CT molecular complexity index is 939. The Morgan fingerprint density at radius 3 is 2.23 bits per heavy atom. The average molecular weight is 475 g/mol. The number of fused-ring (bicyclic) bond motifs is 1. The van der Waals surface area contributed by atoms with Crippen LogP contribution in [0, 0.1) is 17.8 Å². The van der Waals surface area contributed by atoms with Crippen molar-refractivity contribution >= 4 is 13.0 Å². The fraction of sp³-hybridized carbons (Fsp3) is 0.567. The number of carbonyl (C=O) groups excluding carboxylic acids is 1. The Morgan fingerprint density at radius 2 is 1.63 bits per heavy atom. The van der Waals surface area contributed by atoms with Crippen LogP contribution in [-0.2, 0) is 26.9 Å². The van der Waals surface area contributed by atoms with Gasteiger partial charge < -0.3 is 14.6 Å². The Labute approximate surface area is 212 Å². The van der Waals surface area contributed by atoms with Crippen LogP contribution in [0.4, 0.5) is 0 Å². The zero-order chi connectivity index (χ0) is 24.8. The molecule has 4 nitrogen and oxygen atoms in total. The lowest BCUT2D eigenvalue weighted by molar-refractivity contribution is -0.124. The zero-order valence-electron chi connectivity index (χ0n) is 21.9. The van der Waals surface area contributed by atoms with Crippen LogP contribution in [-0.4, -0.2) is 31.3 Å². The van der Waals surface area contributed by atoms with Gasteiger partial charge in [0.05, 0.1) is 11.7 Å². The molecule has 4 unspecified atom stereocenters. The highest BCUT2D eigenvalue weighted by atomic mass is 16.7. The number of hydrogen-bond acceptors (Lipinski definition) is 3. The van der Waals surface area contributed by atoms with Crippen LogP contribution < -0.4 is 5.32 Å². The van der Waals surface area contributed by atoms with Crippen molar-refractivity contribution in [2.24, 2.45) is 17.8 Å². The third-order valence-electron chi connectivity index (χ3n) is 8.45. The third kappa shape index (κ3) is 6.18. The molecule has 1 saturated carbocycles. The van der Waals surface area contributed by atoms with Crippen LogP contribution in [0.2, 0.25) is 5.82 Å². The highest BCUT2D eigenvalue weighted by Gasteiger charge is 2.56. The largest absolute Gasteiger partial charge is 0.463 e. The first kappa shape index (κ1) is 26.0. The molecule has 2 aliphatic rings. The molecule has 2 aromatic carbocycles. The van der Waals surface area contributed by atoms with E-state index in [1.807, 2.05) is 31.2 Å². The third-order valence-corrected chi connectivity index (χ3v) is 8.45. The second-order valence-corrected chi connectivity index (χ2v) is 10.9. The summed E-state index contributed by atoms with van der Waals surface area (Å²) in [5.74, 6) is 1.27. The Hall–Kier alpha value is -2.11. The van der Waals surface area contributed by atoms with Crippen LogP contribution in [0.1, 0.15) is 64.5 Å². The van der Waals surface area contributed by atoms with E-state index < -0.39 is 0 Å². The summed E-state index contributed by atoms with van der Waals surface area (Å²) in [5, 5.41) is 3.24. The van der Waals surface area contributed by atoms with E-state index in [9.17, 15) is 4.79 Å². The molecule has 1 heterocycles. The van der Waals surface area contributed by atoms with Crippen molar-refractivity contribution in [1.82, 2.24) is 5.32 Å². The second-order valence-electron chi connectivity index (χ2n) is 10.9. The van der Waals surface area contributed by atoms with E-state index in [2.05, 4.69) is 62.5 Å². The summed E-state index contributed by atoms with van der Waals surface area (Å²) < 4.78 is 13.5. The molecule has 5 heteroatoms. The molecule has 0 bridgehead atoms. The fourth-order valence-corrected chi connectivity index (χ4v) is 6.10. The van der Waals surface area contributed by atoms with Gasteiger partial charge in [0, 0.05) is 18.3 Å². The van der Waals surface area contributed by atoms with Gasteiger partial charge in [0.15, 0.2) is 0 Å². The van der Waals surface area contributed by atoms with Gasteiger partial charge in [-0.15, -0.1) is 0 Å².